The van der Waals surface area contributed by atoms with Gasteiger partial charge in [0.25, 0.3) is 0 Å². The van der Waals surface area contributed by atoms with Crippen molar-refractivity contribution in [2.75, 3.05) is 0 Å². The van der Waals surface area contributed by atoms with E-state index in [0.717, 1.165) is 38.5 Å². The lowest BCUT2D eigenvalue weighted by atomic mass is 9.51. The first-order valence-corrected chi connectivity index (χ1v) is 9.70. The van der Waals surface area contributed by atoms with Crippen LogP contribution in [0, 0.1) is 28.6 Å². The Bertz CT molecular complexity index is 416. The van der Waals surface area contributed by atoms with E-state index in [9.17, 15) is 9.59 Å². The van der Waals surface area contributed by atoms with Gasteiger partial charge in [0.2, 0.25) is 0 Å². The molecule has 0 spiro atoms. The van der Waals surface area contributed by atoms with Gasteiger partial charge in [0.15, 0.2) is 0 Å². The summed E-state index contributed by atoms with van der Waals surface area (Å²) in [5.74, 6) is 1.65. The maximum absolute atomic E-state index is 13.1. The molecule has 1 rings (SSSR count). The maximum Gasteiger partial charge on any atom is 0.139 e. The van der Waals surface area contributed by atoms with Crippen LogP contribution in [-0.4, -0.2) is 11.6 Å². The lowest BCUT2D eigenvalue weighted by Gasteiger charge is -2.52. The highest BCUT2D eigenvalue weighted by Crippen LogP contribution is 2.57. The summed E-state index contributed by atoms with van der Waals surface area (Å²) in [7, 11) is 0. The molecular formula is C21H38O2. The Hall–Kier alpha value is -0.660. The second-order valence-electron chi connectivity index (χ2n) is 8.50. The molecule has 2 atom stereocenters. The van der Waals surface area contributed by atoms with Crippen molar-refractivity contribution < 1.29 is 9.59 Å². The van der Waals surface area contributed by atoms with E-state index in [2.05, 4.69) is 41.5 Å². The number of carbonyl (C=O) groups is 2. The fourth-order valence-corrected chi connectivity index (χ4v) is 4.79. The third-order valence-corrected chi connectivity index (χ3v) is 6.69. The number of carbonyl (C=O) groups excluding carboxylic acids is 2. The first-order valence-electron chi connectivity index (χ1n) is 9.70. The highest BCUT2D eigenvalue weighted by Gasteiger charge is 2.53. The molecule has 134 valence electrons. The highest BCUT2D eigenvalue weighted by molar-refractivity contribution is 5.86. The lowest BCUT2D eigenvalue weighted by molar-refractivity contribution is -0.139. The largest absolute Gasteiger partial charge is 0.300 e. The van der Waals surface area contributed by atoms with E-state index >= 15 is 0 Å². The molecule has 2 heteroatoms. The van der Waals surface area contributed by atoms with Crippen molar-refractivity contribution in [3.63, 3.8) is 0 Å². The van der Waals surface area contributed by atoms with Crippen LogP contribution in [0.5, 0.6) is 0 Å². The number of ketones is 2. The third kappa shape index (κ3) is 4.25. The van der Waals surface area contributed by atoms with E-state index in [0.29, 0.717) is 24.0 Å². The zero-order valence-electron chi connectivity index (χ0n) is 16.5. The standard InChI is InChI=1S/C21H38O2/c1-8-20(7,21(9-2,10-3)14-16(6)22)18(13-15(4)5)19(23)17-11-12-17/h15,17-18H,8-14H2,1-7H3. The number of hydrogen-bond donors (Lipinski definition) is 0. The van der Waals surface area contributed by atoms with Crippen LogP contribution in [0.15, 0.2) is 0 Å². The van der Waals surface area contributed by atoms with E-state index in [1.54, 1.807) is 6.92 Å². The summed E-state index contributed by atoms with van der Waals surface area (Å²) in [5.41, 5.74) is -0.149. The topological polar surface area (TPSA) is 34.1 Å². The Morgan fingerprint density at radius 1 is 1.04 bits per heavy atom. The fourth-order valence-electron chi connectivity index (χ4n) is 4.79. The van der Waals surface area contributed by atoms with Gasteiger partial charge in [-0.1, -0.05) is 41.5 Å². The van der Waals surface area contributed by atoms with Crippen LogP contribution in [0.1, 0.15) is 93.4 Å². The van der Waals surface area contributed by atoms with E-state index in [1.165, 1.54) is 0 Å². The quantitative estimate of drug-likeness (QED) is 0.479. The first kappa shape index (κ1) is 20.4. The molecule has 2 unspecified atom stereocenters. The summed E-state index contributed by atoms with van der Waals surface area (Å²) in [4.78, 5) is 25.1. The van der Waals surface area contributed by atoms with E-state index < -0.39 is 0 Å². The zero-order chi connectivity index (χ0) is 17.8. The number of rotatable bonds is 11. The van der Waals surface area contributed by atoms with Gasteiger partial charge in [-0.3, -0.25) is 4.79 Å². The number of Topliss-reactive ketones (excluding diaryl/α,β-unsaturated/α-hetero) is 2. The minimum Gasteiger partial charge on any atom is -0.300 e. The minimum atomic E-state index is -0.0912. The Morgan fingerprint density at radius 2 is 1.57 bits per heavy atom. The van der Waals surface area contributed by atoms with E-state index in [4.69, 9.17) is 0 Å². The van der Waals surface area contributed by atoms with Crippen molar-refractivity contribution in [1.29, 1.82) is 0 Å². The summed E-state index contributed by atoms with van der Waals surface area (Å²) in [6.07, 6.45) is 6.63. The van der Waals surface area contributed by atoms with E-state index in [1.807, 2.05) is 0 Å². The van der Waals surface area contributed by atoms with Crippen LogP contribution < -0.4 is 0 Å². The predicted molar refractivity (Wildman–Crippen MR) is 97.4 cm³/mol. The Morgan fingerprint density at radius 3 is 1.87 bits per heavy atom. The minimum absolute atomic E-state index is 0.0578. The molecule has 0 bridgehead atoms. The second kappa shape index (κ2) is 7.94. The van der Waals surface area contributed by atoms with Gasteiger partial charge in [0.1, 0.15) is 11.6 Å². The highest BCUT2D eigenvalue weighted by atomic mass is 16.1. The van der Waals surface area contributed by atoms with Crippen LogP contribution in [-0.2, 0) is 9.59 Å². The molecule has 0 N–H and O–H groups in total. The zero-order valence-corrected chi connectivity index (χ0v) is 16.5. The molecule has 0 aromatic heterocycles. The first-order chi connectivity index (χ1) is 10.7. The van der Waals surface area contributed by atoms with Crippen LogP contribution >= 0.6 is 0 Å². The molecule has 1 aliphatic rings. The SMILES string of the molecule is CCC(CC)(CC(C)=O)C(C)(CC)C(CC(C)C)C(=O)C1CC1. The van der Waals surface area contributed by atoms with Gasteiger partial charge in [0, 0.05) is 18.3 Å². The smallest absolute Gasteiger partial charge is 0.139 e. The summed E-state index contributed by atoms with van der Waals surface area (Å²) < 4.78 is 0. The molecule has 1 fully saturated rings. The molecule has 1 saturated carbocycles. The van der Waals surface area contributed by atoms with Crippen molar-refractivity contribution in [1.82, 2.24) is 0 Å². The molecule has 23 heavy (non-hydrogen) atoms. The molecule has 0 heterocycles. The summed E-state index contributed by atoms with van der Waals surface area (Å²) in [6, 6.07) is 0. The molecule has 0 saturated heterocycles. The van der Waals surface area contributed by atoms with Crippen molar-refractivity contribution in [3.05, 3.63) is 0 Å². The van der Waals surface area contributed by atoms with Crippen molar-refractivity contribution >= 4 is 11.6 Å². The molecule has 0 aromatic rings. The Kier molecular flexibility index (Phi) is 7.04. The van der Waals surface area contributed by atoms with Crippen molar-refractivity contribution in [3.8, 4) is 0 Å². The second-order valence-corrected chi connectivity index (χ2v) is 8.50. The fraction of sp³-hybridized carbons (Fsp3) is 0.905. The van der Waals surface area contributed by atoms with Crippen LogP contribution in [0.25, 0.3) is 0 Å². The summed E-state index contributed by atoms with van der Waals surface area (Å²) in [6.45, 7) is 15.1. The van der Waals surface area contributed by atoms with Gasteiger partial charge in [-0.05, 0) is 62.2 Å². The molecule has 0 aliphatic heterocycles. The molecule has 0 amide bonds. The average molecular weight is 323 g/mol. The number of hydrogen-bond acceptors (Lipinski definition) is 2. The van der Waals surface area contributed by atoms with Crippen LogP contribution in [0.4, 0.5) is 0 Å². The third-order valence-electron chi connectivity index (χ3n) is 6.69. The molecular weight excluding hydrogens is 284 g/mol. The lowest BCUT2D eigenvalue weighted by Crippen LogP contribution is -2.49. The van der Waals surface area contributed by atoms with Crippen LogP contribution in [0.3, 0.4) is 0 Å². The van der Waals surface area contributed by atoms with E-state index in [-0.39, 0.29) is 22.5 Å². The maximum atomic E-state index is 13.1. The van der Waals surface area contributed by atoms with Gasteiger partial charge in [-0.15, -0.1) is 0 Å². The Labute approximate surface area is 143 Å². The Balaban J connectivity index is 3.31. The predicted octanol–water partition coefficient (Wildman–Crippen LogP) is 5.83. The van der Waals surface area contributed by atoms with Crippen LogP contribution in [0.2, 0.25) is 0 Å². The van der Waals surface area contributed by atoms with Gasteiger partial charge >= 0.3 is 0 Å². The molecule has 0 radical (unpaired) electrons. The normalized spacial score (nSPS) is 19.5. The summed E-state index contributed by atoms with van der Waals surface area (Å²) in [5, 5.41) is 0. The van der Waals surface area contributed by atoms with Crippen molar-refractivity contribution in [2.45, 2.75) is 93.4 Å². The average Bonchev–Trinajstić information content (AvgIpc) is 3.33. The van der Waals surface area contributed by atoms with Gasteiger partial charge in [0.05, 0.1) is 0 Å². The molecule has 1 aliphatic carbocycles. The molecule has 2 nitrogen and oxygen atoms in total. The van der Waals surface area contributed by atoms with Crippen molar-refractivity contribution in [2.24, 2.45) is 28.6 Å². The monoisotopic (exact) mass is 322 g/mol. The van der Waals surface area contributed by atoms with Gasteiger partial charge in [-0.2, -0.15) is 0 Å². The van der Waals surface area contributed by atoms with Gasteiger partial charge in [-0.25, -0.2) is 0 Å². The molecule has 0 aromatic carbocycles. The summed E-state index contributed by atoms with van der Waals surface area (Å²) >= 11 is 0. The van der Waals surface area contributed by atoms with Gasteiger partial charge < -0.3 is 4.79 Å².